The van der Waals surface area contributed by atoms with Gasteiger partial charge in [0, 0.05) is 49.8 Å². The highest BCUT2D eigenvalue weighted by atomic mass is 32.2. The second kappa shape index (κ2) is 12.4. The van der Waals surface area contributed by atoms with Crippen molar-refractivity contribution in [2.45, 2.75) is 49.9 Å². The minimum absolute atomic E-state index is 0.0519. The molecule has 2 saturated heterocycles. The standard InChI is InChI=1S/C33H37FN4O5S/c1-21(39)35-28(31(41)42)19-44-18-26(40)17-37-20-38(25-10-8-24(34)9-11-25)33(32(37)43)12-14-36(15-13-33)29-16-23-6-2-4-22-5-3-7-27(29)30(22)23/h2-11,26,28-29,40H,12-20H2,1H3,(H,35,39)(H,41,42). The molecular formula is C33H37FN4O5S. The molecule has 6 rings (SSSR count). The largest absolute Gasteiger partial charge is 0.480 e. The van der Waals surface area contributed by atoms with E-state index in [0.717, 1.165) is 25.2 Å². The maximum atomic E-state index is 14.2. The van der Waals surface area contributed by atoms with Crippen molar-refractivity contribution in [3.8, 4) is 0 Å². The van der Waals surface area contributed by atoms with Crippen LogP contribution in [0.1, 0.15) is 36.9 Å². The van der Waals surface area contributed by atoms with Crippen molar-refractivity contribution in [2.24, 2.45) is 0 Å². The summed E-state index contributed by atoms with van der Waals surface area (Å²) in [6.45, 7) is 3.07. The number of anilines is 1. The van der Waals surface area contributed by atoms with E-state index in [4.69, 9.17) is 0 Å². The Morgan fingerprint density at radius 1 is 1.07 bits per heavy atom. The zero-order valence-electron chi connectivity index (χ0n) is 24.6. The summed E-state index contributed by atoms with van der Waals surface area (Å²) in [7, 11) is 0. The number of hydrogen-bond donors (Lipinski definition) is 3. The molecule has 3 N–H and O–H groups in total. The van der Waals surface area contributed by atoms with E-state index >= 15 is 0 Å². The number of benzene rings is 3. The van der Waals surface area contributed by atoms with E-state index in [0.29, 0.717) is 12.8 Å². The van der Waals surface area contributed by atoms with Gasteiger partial charge in [-0.1, -0.05) is 36.4 Å². The minimum atomic E-state index is -1.14. The molecule has 0 radical (unpaired) electrons. The third-order valence-corrected chi connectivity index (χ3v) is 10.4. The number of carbonyl (C=O) groups excluding carboxylic acids is 2. The fourth-order valence-electron chi connectivity index (χ4n) is 7.15. The first-order valence-electron chi connectivity index (χ1n) is 15.0. The molecule has 44 heavy (non-hydrogen) atoms. The van der Waals surface area contributed by atoms with Crippen LogP contribution in [0.3, 0.4) is 0 Å². The van der Waals surface area contributed by atoms with Crippen LogP contribution in [0.15, 0.2) is 60.7 Å². The number of nitrogens with zero attached hydrogens (tertiary/aromatic N) is 3. The molecule has 3 aromatic carbocycles. The number of β-amino-alcohol motifs (C(OH)–C–C–N with tert-alkyl or cyclic N) is 1. The second-order valence-corrected chi connectivity index (χ2v) is 13.1. The minimum Gasteiger partial charge on any atom is -0.480 e. The first-order chi connectivity index (χ1) is 21.2. The summed E-state index contributed by atoms with van der Waals surface area (Å²) >= 11 is 1.21. The van der Waals surface area contributed by atoms with E-state index in [-0.39, 0.29) is 42.5 Å². The molecule has 0 aromatic heterocycles. The van der Waals surface area contributed by atoms with E-state index in [9.17, 15) is 29.0 Å². The number of carboxylic acid groups (broad SMARTS) is 1. The SMILES string of the molecule is CC(=O)NC(CSCC(O)CN1CN(c2ccc(F)cc2)C2(CCN(C3Cc4cccc5cccc3c45)CC2)C1=O)C(=O)O. The van der Waals surface area contributed by atoms with Crippen molar-refractivity contribution in [2.75, 3.05) is 42.7 Å². The predicted octanol–water partition coefficient (Wildman–Crippen LogP) is 3.40. The summed E-state index contributed by atoms with van der Waals surface area (Å²) in [4.78, 5) is 43.1. The Hall–Kier alpha value is -3.67. The van der Waals surface area contributed by atoms with Gasteiger partial charge in [-0.25, -0.2) is 9.18 Å². The number of rotatable bonds is 10. The third kappa shape index (κ3) is 5.76. The highest BCUT2D eigenvalue weighted by Gasteiger charge is 2.54. The van der Waals surface area contributed by atoms with Crippen molar-refractivity contribution < 1.29 is 29.0 Å². The number of piperidine rings is 1. The van der Waals surface area contributed by atoms with Crippen molar-refractivity contribution in [3.63, 3.8) is 0 Å². The number of carbonyl (C=O) groups is 3. The highest BCUT2D eigenvalue weighted by molar-refractivity contribution is 7.99. The lowest BCUT2D eigenvalue weighted by Crippen LogP contribution is -2.57. The number of nitrogens with one attached hydrogen (secondary N) is 1. The Morgan fingerprint density at radius 3 is 2.45 bits per heavy atom. The molecule has 1 aliphatic carbocycles. The maximum Gasteiger partial charge on any atom is 0.327 e. The topological polar surface area (TPSA) is 113 Å². The zero-order chi connectivity index (χ0) is 31.0. The molecule has 2 heterocycles. The average Bonchev–Trinajstić information content (AvgIpc) is 3.50. The van der Waals surface area contributed by atoms with E-state index < -0.39 is 29.6 Å². The van der Waals surface area contributed by atoms with Crippen LogP contribution in [0.4, 0.5) is 10.1 Å². The molecule has 3 aliphatic rings. The smallest absolute Gasteiger partial charge is 0.327 e. The van der Waals surface area contributed by atoms with Crippen molar-refractivity contribution in [1.29, 1.82) is 0 Å². The fourth-order valence-corrected chi connectivity index (χ4v) is 8.13. The van der Waals surface area contributed by atoms with E-state index in [1.165, 1.54) is 52.7 Å². The van der Waals surface area contributed by atoms with Gasteiger partial charge in [-0.15, -0.1) is 0 Å². The van der Waals surface area contributed by atoms with Gasteiger partial charge < -0.3 is 25.3 Å². The lowest BCUT2D eigenvalue weighted by atomic mass is 9.84. The number of likely N-dealkylation sites (tertiary alicyclic amines) is 1. The van der Waals surface area contributed by atoms with Crippen LogP contribution in [0, 0.1) is 5.82 Å². The van der Waals surface area contributed by atoms with Gasteiger partial charge in [0.15, 0.2) is 0 Å². The summed E-state index contributed by atoms with van der Waals surface area (Å²) in [6, 6.07) is 18.4. The molecule has 3 atom stereocenters. The van der Waals surface area contributed by atoms with Crippen molar-refractivity contribution >= 4 is 46.0 Å². The molecule has 2 amide bonds. The van der Waals surface area contributed by atoms with Crippen LogP contribution in [0.25, 0.3) is 10.8 Å². The zero-order valence-corrected chi connectivity index (χ0v) is 25.4. The lowest BCUT2D eigenvalue weighted by molar-refractivity contribution is -0.140. The van der Waals surface area contributed by atoms with Gasteiger partial charge in [0.05, 0.1) is 12.8 Å². The molecule has 3 unspecified atom stereocenters. The van der Waals surface area contributed by atoms with Gasteiger partial charge in [-0.3, -0.25) is 14.5 Å². The first-order valence-corrected chi connectivity index (χ1v) is 16.1. The van der Waals surface area contributed by atoms with Crippen LogP contribution in [-0.2, 0) is 20.8 Å². The number of hydrogen-bond acceptors (Lipinski definition) is 7. The number of aliphatic hydroxyl groups is 1. The highest BCUT2D eigenvalue weighted by Crippen LogP contribution is 2.45. The summed E-state index contributed by atoms with van der Waals surface area (Å²) in [5, 5.41) is 25.2. The summed E-state index contributed by atoms with van der Waals surface area (Å²) in [5.41, 5.74) is 2.65. The Kier molecular flexibility index (Phi) is 8.54. The van der Waals surface area contributed by atoms with Gasteiger partial charge in [-0.2, -0.15) is 11.8 Å². The molecule has 11 heteroatoms. The van der Waals surface area contributed by atoms with Crippen LogP contribution >= 0.6 is 11.8 Å². The van der Waals surface area contributed by atoms with Crippen LogP contribution in [-0.4, -0.2) is 93.3 Å². The molecule has 3 aromatic rings. The van der Waals surface area contributed by atoms with Gasteiger partial charge in [0.25, 0.3) is 0 Å². The number of amides is 2. The maximum absolute atomic E-state index is 14.2. The quantitative estimate of drug-likeness (QED) is 0.316. The summed E-state index contributed by atoms with van der Waals surface area (Å²) in [5.74, 6) is -1.67. The normalized spacial score (nSPS) is 20.8. The van der Waals surface area contributed by atoms with Gasteiger partial charge in [0.1, 0.15) is 17.4 Å². The molecular weight excluding hydrogens is 583 g/mol. The van der Waals surface area contributed by atoms with E-state index in [1.807, 2.05) is 0 Å². The molecule has 1 spiro atoms. The van der Waals surface area contributed by atoms with E-state index in [2.05, 4.69) is 51.5 Å². The Labute approximate surface area is 260 Å². The predicted molar refractivity (Wildman–Crippen MR) is 168 cm³/mol. The van der Waals surface area contributed by atoms with Gasteiger partial charge >= 0.3 is 5.97 Å². The van der Waals surface area contributed by atoms with Gasteiger partial charge in [-0.05, 0) is 65.4 Å². The molecule has 9 nitrogen and oxygen atoms in total. The van der Waals surface area contributed by atoms with Crippen molar-refractivity contribution in [1.82, 2.24) is 15.1 Å². The summed E-state index contributed by atoms with van der Waals surface area (Å²) < 4.78 is 13.9. The van der Waals surface area contributed by atoms with Crippen LogP contribution < -0.4 is 10.2 Å². The van der Waals surface area contributed by atoms with E-state index in [1.54, 1.807) is 17.0 Å². The number of halogens is 1. The Bertz CT molecular complexity index is 1560. The average molecular weight is 621 g/mol. The van der Waals surface area contributed by atoms with Gasteiger partial charge in [0.2, 0.25) is 11.8 Å². The van der Waals surface area contributed by atoms with Crippen molar-refractivity contribution in [3.05, 3.63) is 77.6 Å². The summed E-state index contributed by atoms with van der Waals surface area (Å²) in [6.07, 6.45) is 1.26. The molecule has 2 aliphatic heterocycles. The Balaban J connectivity index is 1.16. The molecule has 2 fully saturated rings. The van der Waals surface area contributed by atoms with Crippen LogP contribution in [0.2, 0.25) is 0 Å². The monoisotopic (exact) mass is 620 g/mol. The lowest BCUT2D eigenvalue weighted by Gasteiger charge is -2.45. The molecule has 0 bridgehead atoms. The second-order valence-electron chi connectivity index (χ2n) is 12.0. The molecule has 232 valence electrons. The number of aliphatic carboxylic acids is 1. The van der Waals surface area contributed by atoms with Crippen LogP contribution in [0.5, 0.6) is 0 Å². The first kappa shape index (κ1) is 30.4. The number of carboxylic acids is 1. The Morgan fingerprint density at radius 2 is 1.77 bits per heavy atom. The fraction of sp³-hybridized carbons (Fsp3) is 0.424. The molecule has 0 saturated carbocycles. The third-order valence-electron chi connectivity index (χ3n) is 9.22. The number of aliphatic hydroxyl groups excluding tert-OH is 1. The number of thioether (sulfide) groups is 1.